The van der Waals surface area contributed by atoms with Gasteiger partial charge in [-0.2, -0.15) is 0 Å². The lowest BCUT2D eigenvalue weighted by Gasteiger charge is -2.14. The van der Waals surface area contributed by atoms with Crippen LogP contribution in [0, 0.1) is 0 Å². The van der Waals surface area contributed by atoms with Crippen molar-refractivity contribution in [1.29, 1.82) is 0 Å². The number of nitrogens with one attached hydrogen (secondary N) is 2. The van der Waals surface area contributed by atoms with Crippen molar-refractivity contribution in [3.8, 4) is 0 Å². The number of amides is 1. The fraction of sp³-hybridized carbons (Fsp3) is 0. The molecule has 0 saturated carbocycles. The highest BCUT2D eigenvalue weighted by atomic mass is 35.5. The van der Waals surface area contributed by atoms with Crippen LogP contribution >= 0.6 is 58.6 Å². The lowest BCUT2D eigenvalue weighted by molar-refractivity contribution is 0.0697. The molecule has 0 bridgehead atoms. The molecule has 3 N–H and O–H groups in total. The minimum absolute atomic E-state index is 0.00562. The van der Waals surface area contributed by atoms with E-state index in [-0.39, 0.29) is 37.0 Å². The highest BCUT2D eigenvalue weighted by Crippen LogP contribution is 2.30. The van der Waals surface area contributed by atoms with Crippen molar-refractivity contribution in [2.45, 2.75) is 0 Å². The first kappa shape index (κ1) is 19.8. The van der Waals surface area contributed by atoms with Gasteiger partial charge in [-0.15, -0.1) is 0 Å². The molecular weight excluding hydrogens is 430 g/mol. The summed E-state index contributed by atoms with van der Waals surface area (Å²) in [4.78, 5) is 23.5. The van der Waals surface area contributed by atoms with Crippen LogP contribution in [0.5, 0.6) is 0 Å². The van der Waals surface area contributed by atoms with E-state index in [1.165, 1.54) is 30.3 Å². The number of carbonyl (C=O) groups is 2. The highest BCUT2D eigenvalue weighted by Gasteiger charge is 2.18. The van der Waals surface area contributed by atoms with E-state index in [0.717, 1.165) is 0 Å². The van der Waals surface area contributed by atoms with Gasteiger partial charge in [0, 0.05) is 10.0 Å². The molecule has 2 aromatic rings. The van der Waals surface area contributed by atoms with Crippen LogP contribution in [0.1, 0.15) is 20.7 Å². The Balaban J connectivity index is 2.21. The number of hydrogen-bond acceptors (Lipinski definition) is 3. The van der Waals surface area contributed by atoms with E-state index < -0.39 is 11.9 Å². The second-order valence-electron chi connectivity index (χ2n) is 4.65. The van der Waals surface area contributed by atoms with E-state index in [4.69, 9.17) is 58.6 Å². The Kier molecular flexibility index (Phi) is 6.48. The van der Waals surface area contributed by atoms with Crippen LogP contribution in [0.3, 0.4) is 0 Å². The van der Waals surface area contributed by atoms with E-state index in [2.05, 4.69) is 10.6 Å². The van der Waals surface area contributed by atoms with Gasteiger partial charge in [0.15, 0.2) is 5.11 Å². The minimum Gasteiger partial charge on any atom is -0.478 e. The Labute approximate surface area is 167 Å². The number of hydrogen-bond donors (Lipinski definition) is 3. The quantitative estimate of drug-likeness (QED) is 0.580. The van der Waals surface area contributed by atoms with Gasteiger partial charge in [0.2, 0.25) is 0 Å². The average Bonchev–Trinajstić information content (AvgIpc) is 2.49. The summed E-state index contributed by atoms with van der Waals surface area (Å²) in [6, 6.07) is 6.89. The normalized spacial score (nSPS) is 10.2. The molecule has 0 aliphatic heterocycles. The lowest BCUT2D eigenvalue weighted by Crippen LogP contribution is -2.34. The number of anilines is 1. The van der Waals surface area contributed by atoms with Gasteiger partial charge < -0.3 is 10.4 Å². The molecule has 1 amide bonds. The fourth-order valence-corrected chi connectivity index (χ4v) is 3.09. The first-order valence-electron chi connectivity index (χ1n) is 6.48. The molecule has 0 aliphatic carbocycles. The van der Waals surface area contributed by atoms with E-state index in [1.54, 1.807) is 0 Å². The van der Waals surface area contributed by atoms with Crippen LogP contribution in [0.4, 0.5) is 5.69 Å². The van der Waals surface area contributed by atoms with Crippen molar-refractivity contribution in [3.05, 3.63) is 61.5 Å². The number of carboxylic acid groups (broad SMARTS) is 1. The number of aromatic carboxylic acids is 1. The molecule has 0 atom stereocenters. The highest BCUT2D eigenvalue weighted by molar-refractivity contribution is 7.80. The molecule has 25 heavy (non-hydrogen) atoms. The summed E-state index contributed by atoms with van der Waals surface area (Å²) < 4.78 is 0. The second kappa shape index (κ2) is 8.21. The molecule has 10 heteroatoms. The number of thiocarbonyl (C=S) groups is 1. The zero-order valence-electron chi connectivity index (χ0n) is 12.1. The smallest absolute Gasteiger partial charge is 0.337 e. The van der Waals surface area contributed by atoms with Gasteiger partial charge in [-0.3, -0.25) is 10.1 Å². The standard InChI is InChI=1S/C15H8Cl4N2O3S/c16-6-1-2-8(10(18)4-6)13(22)21-15(25)20-12-9(14(23)24)3-7(17)5-11(12)19/h1-5H,(H,23,24)(H2,20,21,22,25). The SMILES string of the molecule is O=C(NC(=S)Nc1c(Cl)cc(Cl)cc1C(=O)O)c1ccc(Cl)cc1Cl. The summed E-state index contributed by atoms with van der Waals surface area (Å²) in [5.74, 6) is -1.86. The van der Waals surface area contributed by atoms with Crippen molar-refractivity contribution < 1.29 is 14.7 Å². The summed E-state index contributed by atoms with van der Waals surface area (Å²) in [5.41, 5.74) is -0.0411. The topological polar surface area (TPSA) is 78.4 Å². The molecular formula is C15H8Cl4N2O3S. The van der Waals surface area contributed by atoms with Gasteiger partial charge in [0.1, 0.15) is 0 Å². The Morgan fingerprint density at radius 2 is 1.56 bits per heavy atom. The van der Waals surface area contributed by atoms with E-state index in [1.807, 2.05) is 0 Å². The molecule has 2 rings (SSSR count). The monoisotopic (exact) mass is 436 g/mol. The number of halogens is 4. The Bertz CT molecular complexity index is 889. The summed E-state index contributed by atoms with van der Waals surface area (Å²) in [6.45, 7) is 0. The maximum Gasteiger partial charge on any atom is 0.337 e. The van der Waals surface area contributed by atoms with E-state index in [0.29, 0.717) is 5.02 Å². The zero-order valence-corrected chi connectivity index (χ0v) is 15.9. The predicted octanol–water partition coefficient (Wildman–Crippen LogP) is 5.13. The summed E-state index contributed by atoms with van der Waals surface area (Å²) in [5, 5.41) is 14.7. The summed E-state index contributed by atoms with van der Waals surface area (Å²) in [7, 11) is 0. The second-order valence-corrected chi connectivity index (χ2v) is 6.74. The van der Waals surface area contributed by atoms with Crippen LogP contribution in [0.15, 0.2) is 30.3 Å². The van der Waals surface area contributed by atoms with Gasteiger partial charge in [0.05, 0.1) is 26.9 Å². The van der Waals surface area contributed by atoms with Crippen LogP contribution in [-0.2, 0) is 0 Å². The van der Waals surface area contributed by atoms with Gasteiger partial charge in [0.25, 0.3) is 5.91 Å². The first-order valence-corrected chi connectivity index (χ1v) is 8.40. The molecule has 0 saturated heterocycles. The van der Waals surface area contributed by atoms with Gasteiger partial charge in [-0.1, -0.05) is 46.4 Å². The van der Waals surface area contributed by atoms with Crippen LogP contribution in [-0.4, -0.2) is 22.1 Å². The van der Waals surface area contributed by atoms with Crippen molar-refractivity contribution >= 4 is 81.3 Å². The van der Waals surface area contributed by atoms with E-state index in [9.17, 15) is 14.7 Å². The maximum absolute atomic E-state index is 12.2. The van der Waals surface area contributed by atoms with Crippen LogP contribution < -0.4 is 10.6 Å². The van der Waals surface area contributed by atoms with E-state index >= 15 is 0 Å². The Hall–Kier alpha value is -1.57. The molecule has 0 aliphatic rings. The molecule has 0 heterocycles. The third-order valence-electron chi connectivity index (χ3n) is 2.93. The summed E-state index contributed by atoms with van der Waals surface area (Å²) in [6.07, 6.45) is 0. The van der Waals surface area contributed by atoms with Gasteiger partial charge >= 0.3 is 5.97 Å². The lowest BCUT2D eigenvalue weighted by atomic mass is 10.2. The number of rotatable bonds is 3. The molecule has 130 valence electrons. The third kappa shape index (κ3) is 4.96. The maximum atomic E-state index is 12.2. The minimum atomic E-state index is -1.26. The van der Waals surface area contributed by atoms with Crippen molar-refractivity contribution in [2.24, 2.45) is 0 Å². The number of carbonyl (C=O) groups excluding carboxylic acids is 1. The average molecular weight is 438 g/mol. The van der Waals surface area contributed by atoms with Crippen molar-refractivity contribution in [1.82, 2.24) is 5.32 Å². The van der Waals surface area contributed by atoms with Crippen LogP contribution in [0.2, 0.25) is 20.1 Å². The molecule has 0 unspecified atom stereocenters. The largest absolute Gasteiger partial charge is 0.478 e. The van der Waals surface area contributed by atoms with Crippen molar-refractivity contribution in [2.75, 3.05) is 5.32 Å². The molecule has 5 nitrogen and oxygen atoms in total. The molecule has 0 aromatic heterocycles. The molecule has 0 radical (unpaired) electrons. The number of benzene rings is 2. The molecule has 2 aromatic carbocycles. The van der Waals surface area contributed by atoms with Gasteiger partial charge in [-0.25, -0.2) is 4.79 Å². The molecule has 0 fully saturated rings. The predicted molar refractivity (Wildman–Crippen MR) is 104 cm³/mol. The number of carboxylic acids is 1. The summed E-state index contributed by atoms with van der Waals surface area (Å²) >= 11 is 28.5. The van der Waals surface area contributed by atoms with Crippen molar-refractivity contribution in [3.63, 3.8) is 0 Å². The first-order chi connectivity index (χ1) is 11.7. The zero-order chi connectivity index (χ0) is 18.7. The fourth-order valence-electron chi connectivity index (χ4n) is 1.86. The Morgan fingerprint density at radius 3 is 2.16 bits per heavy atom. The third-order valence-corrected chi connectivity index (χ3v) is 4.20. The Morgan fingerprint density at radius 1 is 0.920 bits per heavy atom. The van der Waals surface area contributed by atoms with Crippen LogP contribution in [0.25, 0.3) is 0 Å². The van der Waals surface area contributed by atoms with Gasteiger partial charge in [-0.05, 0) is 42.5 Å². The molecule has 0 spiro atoms.